The number of aromatic nitrogens is 1. The first-order valence-electron chi connectivity index (χ1n) is 9.00. The van der Waals surface area contributed by atoms with Crippen molar-refractivity contribution >= 4 is 5.91 Å². The van der Waals surface area contributed by atoms with Crippen LogP contribution in [-0.4, -0.2) is 41.4 Å². The van der Waals surface area contributed by atoms with Crippen molar-refractivity contribution in [1.29, 1.82) is 0 Å². The molecule has 1 unspecified atom stereocenters. The lowest BCUT2D eigenvalue weighted by Gasteiger charge is -2.18. The lowest BCUT2D eigenvalue weighted by molar-refractivity contribution is -0.129. The summed E-state index contributed by atoms with van der Waals surface area (Å²) < 4.78 is 18.2. The fourth-order valence-corrected chi connectivity index (χ4v) is 3.39. The summed E-state index contributed by atoms with van der Waals surface area (Å²) in [7, 11) is 1.73. The summed E-state index contributed by atoms with van der Waals surface area (Å²) in [5, 5.41) is 0. The minimum atomic E-state index is -0.0998. The highest BCUT2D eigenvalue weighted by atomic mass is 16.7. The molecule has 0 aliphatic carbocycles. The topological polar surface area (TPSA) is 70.0 Å². The minimum Gasteiger partial charge on any atom is -0.488 e. The first-order chi connectivity index (χ1) is 13.0. The van der Waals surface area contributed by atoms with Crippen molar-refractivity contribution < 1.29 is 19.0 Å². The lowest BCUT2D eigenvalue weighted by atomic mass is 10.1. The number of likely N-dealkylation sites (tertiary alicyclic amines) is 1. The van der Waals surface area contributed by atoms with Crippen molar-refractivity contribution in [2.24, 2.45) is 7.05 Å². The third kappa shape index (κ3) is 3.63. The fourth-order valence-electron chi connectivity index (χ4n) is 3.39. The summed E-state index contributed by atoms with van der Waals surface area (Å²) >= 11 is 0. The van der Waals surface area contributed by atoms with Crippen LogP contribution < -0.4 is 19.8 Å². The average molecular weight is 370 g/mol. The number of carbonyl (C=O) groups is 1. The van der Waals surface area contributed by atoms with Gasteiger partial charge in [-0.05, 0) is 30.7 Å². The number of ether oxygens (including phenoxy) is 3. The molecule has 1 fully saturated rings. The number of amides is 1. The largest absolute Gasteiger partial charge is 0.488 e. The zero-order valence-corrected chi connectivity index (χ0v) is 15.4. The van der Waals surface area contributed by atoms with E-state index < -0.39 is 0 Å². The summed E-state index contributed by atoms with van der Waals surface area (Å²) in [4.78, 5) is 26.3. The molecule has 7 heteroatoms. The van der Waals surface area contributed by atoms with Crippen LogP contribution in [0.15, 0.2) is 35.1 Å². The molecule has 142 valence electrons. The Hall–Kier alpha value is -2.96. The van der Waals surface area contributed by atoms with Gasteiger partial charge in [0.05, 0.1) is 13.0 Å². The third-order valence-corrected chi connectivity index (χ3v) is 5.07. The zero-order chi connectivity index (χ0) is 19.0. The maximum Gasteiger partial charge on any atom is 0.254 e. The van der Waals surface area contributed by atoms with E-state index in [9.17, 15) is 9.59 Å². The van der Waals surface area contributed by atoms with Crippen LogP contribution in [0.3, 0.4) is 0 Å². The summed E-state index contributed by atoms with van der Waals surface area (Å²) in [5.41, 5.74) is 1.64. The number of nitrogens with zero attached hydrogens (tertiary/aromatic N) is 2. The van der Waals surface area contributed by atoms with Gasteiger partial charge in [0.1, 0.15) is 11.9 Å². The molecule has 0 spiro atoms. The van der Waals surface area contributed by atoms with Gasteiger partial charge in [0.15, 0.2) is 11.5 Å². The molecular weight excluding hydrogens is 348 g/mol. The maximum atomic E-state index is 12.6. The molecule has 1 aromatic carbocycles. The van der Waals surface area contributed by atoms with Gasteiger partial charge < -0.3 is 23.7 Å². The molecule has 1 amide bonds. The van der Waals surface area contributed by atoms with E-state index >= 15 is 0 Å². The van der Waals surface area contributed by atoms with Crippen LogP contribution in [0.2, 0.25) is 0 Å². The molecule has 4 rings (SSSR count). The van der Waals surface area contributed by atoms with Gasteiger partial charge >= 0.3 is 0 Å². The molecular formula is C20H22N2O5. The number of aryl methyl sites for hydroxylation is 1. The second-order valence-electron chi connectivity index (χ2n) is 6.96. The number of carbonyl (C=O) groups excluding carboxylic acids is 1. The molecule has 1 atom stereocenters. The van der Waals surface area contributed by atoms with Crippen LogP contribution in [0.25, 0.3) is 0 Å². The molecule has 2 aliphatic rings. The van der Waals surface area contributed by atoms with E-state index in [0.717, 1.165) is 17.7 Å². The predicted molar refractivity (Wildman–Crippen MR) is 98.3 cm³/mol. The highest BCUT2D eigenvalue weighted by Crippen LogP contribution is 2.32. The predicted octanol–water partition coefficient (Wildman–Crippen LogP) is 1.64. The Morgan fingerprint density at radius 1 is 1.22 bits per heavy atom. The highest BCUT2D eigenvalue weighted by molar-refractivity contribution is 5.79. The second kappa shape index (κ2) is 6.98. The number of benzene rings is 1. The molecule has 1 aromatic heterocycles. The molecule has 0 N–H and O–H groups in total. The van der Waals surface area contributed by atoms with Gasteiger partial charge in [-0.15, -0.1) is 0 Å². The fraction of sp³-hybridized carbons (Fsp3) is 0.400. The molecule has 2 aliphatic heterocycles. The molecule has 1 saturated heterocycles. The van der Waals surface area contributed by atoms with Crippen molar-refractivity contribution in [3.63, 3.8) is 0 Å². The Morgan fingerprint density at radius 3 is 2.85 bits per heavy atom. The van der Waals surface area contributed by atoms with Crippen molar-refractivity contribution in [3.8, 4) is 17.2 Å². The van der Waals surface area contributed by atoms with Gasteiger partial charge in [0.2, 0.25) is 12.7 Å². The van der Waals surface area contributed by atoms with Crippen LogP contribution >= 0.6 is 0 Å². The molecule has 2 aromatic rings. The average Bonchev–Trinajstić information content (AvgIpc) is 3.28. The first-order valence-corrected chi connectivity index (χ1v) is 9.00. The smallest absolute Gasteiger partial charge is 0.254 e. The van der Waals surface area contributed by atoms with Crippen LogP contribution in [0.4, 0.5) is 0 Å². The van der Waals surface area contributed by atoms with Crippen LogP contribution in [-0.2, 0) is 18.3 Å². The van der Waals surface area contributed by atoms with Gasteiger partial charge in [-0.2, -0.15) is 0 Å². The van der Waals surface area contributed by atoms with Gasteiger partial charge in [0, 0.05) is 31.8 Å². The van der Waals surface area contributed by atoms with Gasteiger partial charge in [-0.1, -0.05) is 6.07 Å². The Balaban J connectivity index is 1.36. The molecule has 0 saturated carbocycles. The van der Waals surface area contributed by atoms with E-state index in [2.05, 4.69) is 0 Å². The molecule has 0 radical (unpaired) electrons. The van der Waals surface area contributed by atoms with Crippen molar-refractivity contribution in [1.82, 2.24) is 9.47 Å². The minimum absolute atomic E-state index is 0.0557. The van der Waals surface area contributed by atoms with Crippen molar-refractivity contribution in [3.05, 3.63) is 51.9 Å². The van der Waals surface area contributed by atoms with Gasteiger partial charge in [-0.25, -0.2) is 0 Å². The van der Waals surface area contributed by atoms with E-state index in [-0.39, 0.29) is 24.4 Å². The molecule has 7 nitrogen and oxygen atoms in total. The summed E-state index contributed by atoms with van der Waals surface area (Å²) in [5.74, 6) is 2.01. The van der Waals surface area contributed by atoms with Crippen molar-refractivity contribution in [2.75, 3.05) is 19.9 Å². The zero-order valence-electron chi connectivity index (χ0n) is 15.4. The van der Waals surface area contributed by atoms with Crippen LogP contribution in [0, 0.1) is 6.92 Å². The number of rotatable bonds is 4. The van der Waals surface area contributed by atoms with E-state index in [1.54, 1.807) is 11.6 Å². The Morgan fingerprint density at radius 2 is 2.04 bits per heavy atom. The summed E-state index contributed by atoms with van der Waals surface area (Å²) in [6, 6.07) is 8.91. The lowest BCUT2D eigenvalue weighted by Crippen LogP contribution is -2.32. The standard InChI is InChI=1S/C20H22N2O5/c1-13-7-16(10-19(23)21(13)2)27-15-5-6-22(11-15)20(24)9-14-3-4-17-18(8-14)26-12-25-17/h3-4,7-8,10,15H,5-6,9,11-12H2,1-2H3. The summed E-state index contributed by atoms with van der Waals surface area (Å²) in [6.07, 6.45) is 0.965. The first kappa shape index (κ1) is 17.5. The number of fused-ring (bicyclic) bond motifs is 1. The normalized spacial score (nSPS) is 18.0. The maximum absolute atomic E-state index is 12.6. The Bertz CT molecular complexity index is 936. The van der Waals surface area contributed by atoms with E-state index in [0.29, 0.717) is 36.8 Å². The van der Waals surface area contributed by atoms with E-state index in [4.69, 9.17) is 14.2 Å². The molecule has 27 heavy (non-hydrogen) atoms. The van der Waals surface area contributed by atoms with Gasteiger partial charge in [0.25, 0.3) is 5.56 Å². The summed E-state index contributed by atoms with van der Waals surface area (Å²) in [6.45, 7) is 3.26. The quantitative estimate of drug-likeness (QED) is 0.818. The second-order valence-corrected chi connectivity index (χ2v) is 6.96. The Kier molecular flexibility index (Phi) is 4.51. The SMILES string of the molecule is Cc1cc(OC2CCN(C(=O)Cc3ccc4c(c3)OCO4)C2)cc(=O)n1C. The van der Waals surface area contributed by atoms with Crippen LogP contribution in [0.5, 0.6) is 17.2 Å². The van der Waals surface area contributed by atoms with Gasteiger partial charge in [-0.3, -0.25) is 9.59 Å². The van der Waals surface area contributed by atoms with Crippen LogP contribution in [0.1, 0.15) is 17.7 Å². The molecule has 3 heterocycles. The van der Waals surface area contributed by atoms with Crippen molar-refractivity contribution in [2.45, 2.75) is 25.9 Å². The number of pyridine rings is 1. The highest BCUT2D eigenvalue weighted by Gasteiger charge is 2.28. The van der Waals surface area contributed by atoms with E-state index in [1.807, 2.05) is 36.1 Å². The third-order valence-electron chi connectivity index (χ3n) is 5.07. The number of hydrogen-bond acceptors (Lipinski definition) is 5. The number of hydrogen-bond donors (Lipinski definition) is 0. The van der Waals surface area contributed by atoms with E-state index in [1.165, 1.54) is 6.07 Å². The Labute approximate surface area is 157 Å². The molecule has 0 bridgehead atoms. The monoisotopic (exact) mass is 370 g/mol.